The molecule has 0 spiro atoms. The molecule has 0 radical (unpaired) electrons. The van der Waals surface area contributed by atoms with Gasteiger partial charge in [-0.25, -0.2) is 8.42 Å². The normalized spacial score (nSPS) is 16.6. The summed E-state index contributed by atoms with van der Waals surface area (Å²) in [5.74, 6) is -0.702. The summed E-state index contributed by atoms with van der Waals surface area (Å²) in [5, 5.41) is 10.6. The Morgan fingerprint density at radius 1 is 1.24 bits per heavy atom. The maximum atomic E-state index is 13.2. The van der Waals surface area contributed by atoms with Crippen molar-refractivity contribution in [2.75, 3.05) is 13.2 Å². The van der Waals surface area contributed by atoms with Crippen molar-refractivity contribution in [3.63, 3.8) is 0 Å². The van der Waals surface area contributed by atoms with Crippen molar-refractivity contribution in [3.05, 3.63) is 22.7 Å². The molecule has 0 saturated carbocycles. The molecular weight excluding hydrogens is 364 g/mol. The number of phenolic OH excluding ortho intramolecular Hbond substituents is 1. The highest BCUT2D eigenvalue weighted by Gasteiger charge is 2.48. The summed E-state index contributed by atoms with van der Waals surface area (Å²) in [6.07, 6.45) is -0.0536. The third-order valence-corrected chi connectivity index (χ3v) is 8.03. The van der Waals surface area contributed by atoms with Gasteiger partial charge in [-0.05, 0) is 19.9 Å². The molecular formula is C18H25ClO5S. The first-order valence-electron chi connectivity index (χ1n) is 8.16. The Hall–Kier alpha value is -1.11. The first-order chi connectivity index (χ1) is 11.3. The summed E-state index contributed by atoms with van der Waals surface area (Å²) in [4.78, 5) is 12.0. The fraction of sp³-hybridized carbons (Fsp3) is 0.611. The van der Waals surface area contributed by atoms with E-state index < -0.39 is 25.7 Å². The number of carbonyl (C=O) groups is 1. The maximum Gasteiger partial charge on any atom is 0.189 e. The summed E-state index contributed by atoms with van der Waals surface area (Å²) in [5.41, 5.74) is -0.322. The highest BCUT2D eigenvalue weighted by molar-refractivity contribution is 7.93. The van der Waals surface area contributed by atoms with Crippen molar-refractivity contribution < 1.29 is 23.1 Å². The first-order valence-corrected chi connectivity index (χ1v) is 10.0. The van der Waals surface area contributed by atoms with Crippen LogP contribution in [0.4, 0.5) is 0 Å². The number of rotatable bonds is 5. The van der Waals surface area contributed by atoms with Gasteiger partial charge in [-0.3, -0.25) is 4.79 Å². The lowest BCUT2D eigenvalue weighted by Crippen LogP contribution is -2.49. The number of halogens is 1. The van der Waals surface area contributed by atoms with Crippen LogP contribution >= 0.6 is 11.6 Å². The lowest BCUT2D eigenvalue weighted by molar-refractivity contribution is -0.125. The van der Waals surface area contributed by atoms with E-state index in [1.54, 1.807) is 34.6 Å². The van der Waals surface area contributed by atoms with Crippen LogP contribution in [0.1, 0.15) is 40.2 Å². The molecule has 0 aliphatic carbocycles. The summed E-state index contributed by atoms with van der Waals surface area (Å²) in [6.45, 7) is 9.26. The highest BCUT2D eigenvalue weighted by atomic mass is 35.5. The molecule has 1 N–H and O–H groups in total. The van der Waals surface area contributed by atoms with E-state index in [1.165, 1.54) is 12.1 Å². The van der Waals surface area contributed by atoms with E-state index in [9.17, 15) is 18.3 Å². The van der Waals surface area contributed by atoms with Crippen LogP contribution in [-0.2, 0) is 25.8 Å². The number of hydrogen-bond donors (Lipinski definition) is 1. The first kappa shape index (κ1) is 20.2. The van der Waals surface area contributed by atoms with Gasteiger partial charge in [-0.1, -0.05) is 38.4 Å². The molecule has 0 unspecified atom stereocenters. The zero-order chi connectivity index (χ0) is 19.2. The number of aromatic hydroxyl groups is 1. The van der Waals surface area contributed by atoms with Crippen molar-refractivity contribution in [2.24, 2.45) is 11.3 Å². The molecule has 1 aromatic rings. The molecule has 1 saturated heterocycles. The van der Waals surface area contributed by atoms with Crippen molar-refractivity contribution in [1.82, 2.24) is 0 Å². The lowest BCUT2D eigenvalue weighted by Gasteiger charge is -2.39. The topological polar surface area (TPSA) is 80.7 Å². The molecule has 25 heavy (non-hydrogen) atoms. The van der Waals surface area contributed by atoms with Gasteiger partial charge >= 0.3 is 0 Å². The minimum Gasteiger partial charge on any atom is -0.506 e. The van der Waals surface area contributed by atoms with Gasteiger partial charge in [0.05, 0.1) is 23.0 Å². The predicted molar refractivity (Wildman–Crippen MR) is 96.9 cm³/mol. The van der Waals surface area contributed by atoms with Gasteiger partial charge in [0.1, 0.15) is 16.4 Å². The molecule has 1 fully saturated rings. The second kappa shape index (κ2) is 6.56. The Labute approximate surface area is 154 Å². The van der Waals surface area contributed by atoms with Crippen LogP contribution < -0.4 is 0 Å². The largest absolute Gasteiger partial charge is 0.506 e. The third-order valence-electron chi connectivity index (χ3n) is 4.94. The molecule has 2 rings (SSSR count). The number of hydrogen-bond acceptors (Lipinski definition) is 5. The SMILES string of the molecule is CC(C)(C)C(=O)Cc1ccc(Cl)c(S(=O)(=O)C(C)(C)C2COC2)c1O. The van der Waals surface area contributed by atoms with Crippen LogP contribution in [0, 0.1) is 11.3 Å². The van der Waals surface area contributed by atoms with Crippen LogP contribution in [0.2, 0.25) is 5.02 Å². The summed E-state index contributed by atoms with van der Waals surface area (Å²) < 4.78 is 30.3. The fourth-order valence-corrected chi connectivity index (χ4v) is 4.81. The number of benzene rings is 1. The Morgan fingerprint density at radius 3 is 2.24 bits per heavy atom. The summed E-state index contributed by atoms with van der Waals surface area (Å²) in [7, 11) is -3.93. The van der Waals surface area contributed by atoms with Crippen LogP contribution in [0.25, 0.3) is 0 Å². The van der Waals surface area contributed by atoms with Crippen LogP contribution in [-0.4, -0.2) is 37.3 Å². The van der Waals surface area contributed by atoms with E-state index in [0.717, 1.165) is 0 Å². The zero-order valence-corrected chi connectivity index (χ0v) is 16.8. The summed E-state index contributed by atoms with van der Waals surface area (Å²) in [6, 6.07) is 2.92. The van der Waals surface area contributed by atoms with Crippen molar-refractivity contribution in [3.8, 4) is 5.75 Å². The van der Waals surface area contributed by atoms with Crippen LogP contribution in [0.3, 0.4) is 0 Å². The van der Waals surface area contributed by atoms with Crippen molar-refractivity contribution >= 4 is 27.2 Å². The van der Waals surface area contributed by atoms with Crippen molar-refractivity contribution in [1.29, 1.82) is 0 Å². The average molecular weight is 389 g/mol. The van der Waals surface area contributed by atoms with E-state index >= 15 is 0 Å². The lowest BCUT2D eigenvalue weighted by atomic mass is 9.87. The molecule has 0 bridgehead atoms. The Kier molecular flexibility index (Phi) is 5.30. The molecule has 1 aliphatic rings. The minimum atomic E-state index is -3.93. The molecule has 5 nitrogen and oxygen atoms in total. The average Bonchev–Trinajstić information content (AvgIpc) is 2.37. The number of phenols is 1. The number of carbonyl (C=O) groups excluding carboxylic acids is 1. The number of Topliss-reactive ketones (excluding diaryl/α,β-unsaturated/α-hetero) is 1. The number of sulfone groups is 1. The second-order valence-electron chi connectivity index (χ2n) is 8.08. The molecule has 7 heteroatoms. The van der Waals surface area contributed by atoms with Crippen molar-refractivity contribution in [2.45, 2.75) is 50.7 Å². The molecule has 1 aliphatic heterocycles. The maximum absolute atomic E-state index is 13.2. The standard InChI is InChI=1S/C18H25ClO5S/c1-17(2,3)14(20)8-11-6-7-13(19)16(15(11)21)25(22,23)18(4,5)12-9-24-10-12/h6-7,12,21H,8-10H2,1-5H3. The number of ether oxygens (including phenoxy) is 1. The molecule has 0 atom stereocenters. The molecule has 1 aromatic carbocycles. The van der Waals surface area contributed by atoms with E-state index in [4.69, 9.17) is 16.3 Å². The van der Waals surface area contributed by atoms with Gasteiger partial charge in [0, 0.05) is 23.3 Å². The minimum absolute atomic E-state index is 0.0437. The Balaban J connectivity index is 2.51. The van der Waals surface area contributed by atoms with Gasteiger partial charge in [-0.2, -0.15) is 0 Å². The molecule has 140 valence electrons. The van der Waals surface area contributed by atoms with Crippen LogP contribution in [0.5, 0.6) is 5.75 Å². The van der Waals surface area contributed by atoms with Gasteiger partial charge in [0.25, 0.3) is 0 Å². The van der Waals surface area contributed by atoms with E-state index in [1.807, 2.05) is 0 Å². The number of ketones is 1. The predicted octanol–water partition coefficient (Wildman–Crippen LogP) is 3.40. The van der Waals surface area contributed by atoms with Gasteiger partial charge in [-0.15, -0.1) is 0 Å². The van der Waals surface area contributed by atoms with Gasteiger partial charge < -0.3 is 9.84 Å². The third kappa shape index (κ3) is 3.57. The van der Waals surface area contributed by atoms with Gasteiger partial charge in [0.2, 0.25) is 0 Å². The van der Waals surface area contributed by atoms with Crippen LogP contribution in [0.15, 0.2) is 17.0 Å². The van der Waals surface area contributed by atoms with Gasteiger partial charge in [0.15, 0.2) is 9.84 Å². The smallest absolute Gasteiger partial charge is 0.189 e. The van der Waals surface area contributed by atoms with E-state index in [-0.39, 0.29) is 33.6 Å². The quantitative estimate of drug-likeness (QED) is 0.836. The summed E-state index contributed by atoms with van der Waals surface area (Å²) >= 11 is 6.13. The fourth-order valence-electron chi connectivity index (χ4n) is 2.54. The molecule has 0 amide bonds. The Bertz CT molecular complexity index is 786. The molecule has 0 aromatic heterocycles. The highest BCUT2D eigenvalue weighted by Crippen LogP contribution is 2.43. The van der Waals surface area contributed by atoms with E-state index in [0.29, 0.717) is 13.2 Å². The monoisotopic (exact) mass is 388 g/mol. The second-order valence-corrected chi connectivity index (χ2v) is 10.9. The molecule has 1 heterocycles. The zero-order valence-electron chi connectivity index (χ0n) is 15.2. The van der Waals surface area contributed by atoms with E-state index in [2.05, 4.69) is 0 Å². The Morgan fingerprint density at radius 2 is 1.80 bits per heavy atom.